The lowest BCUT2D eigenvalue weighted by Gasteiger charge is -2.13. The maximum absolute atomic E-state index is 8.96. The topological polar surface area (TPSA) is 200 Å². The highest BCUT2D eigenvalue weighted by atomic mass is 32.2. The van der Waals surface area contributed by atoms with Crippen LogP contribution in [0.1, 0.15) is 16.7 Å². The minimum atomic E-state index is 0.337. The molecule has 0 unspecified atom stereocenters. The van der Waals surface area contributed by atoms with Crippen LogP contribution in [0, 0.1) is 11.3 Å². The van der Waals surface area contributed by atoms with Crippen LogP contribution in [0.3, 0.4) is 0 Å². The lowest BCUT2D eigenvalue weighted by Crippen LogP contribution is -2.05. The zero-order valence-electron chi connectivity index (χ0n) is 33.3. The minimum absolute atomic E-state index is 0.337. The van der Waals surface area contributed by atoms with Crippen molar-refractivity contribution in [1.82, 2.24) is 39.0 Å². The SMILES string of the molecule is COc1ccc(OC)c(Sc2nc3c(N)ncnc3n2CCc2ccc(OC)c(OC)c2)c1.N#Cc1ccc(Sc2nc3c(N)ncnc3n2CCc2ccccc2)cc1. The van der Waals surface area contributed by atoms with Crippen molar-refractivity contribution in [3.63, 3.8) is 0 Å². The summed E-state index contributed by atoms with van der Waals surface area (Å²) in [5, 5.41) is 10.5. The molecule has 0 saturated heterocycles. The molecule has 0 amide bonds. The van der Waals surface area contributed by atoms with E-state index in [0.29, 0.717) is 51.9 Å². The third-order valence-corrected chi connectivity index (χ3v) is 11.4. The molecule has 0 atom stereocenters. The number of aromatic nitrogens is 8. The Hall–Kier alpha value is -7.03. The second-order valence-electron chi connectivity index (χ2n) is 13.0. The van der Waals surface area contributed by atoms with Crippen molar-refractivity contribution in [2.75, 3.05) is 39.9 Å². The third kappa shape index (κ3) is 9.30. The number of anilines is 2. The third-order valence-electron chi connectivity index (χ3n) is 9.35. The van der Waals surface area contributed by atoms with E-state index in [9.17, 15) is 0 Å². The van der Waals surface area contributed by atoms with Gasteiger partial charge in [-0.3, -0.25) is 0 Å². The normalized spacial score (nSPS) is 10.8. The molecule has 15 nitrogen and oxygen atoms in total. The quantitative estimate of drug-likeness (QED) is 0.109. The summed E-state index contributed by atoms with van der Waals surface area (Å²) in [7, 11) is 6.51. The Labute approximate surface area is 354 Å². The number of aryl methyl sites for hydroxylation is 4. The van der Waals surface area contributed by atoms with Crippen molar-refractivity contribution in [3.05, 3.63) is 120 Å². The number of nitrogens with two attached hydrogens (primary N) is 2. The summed E-state index contributed by atoms with van der Waals surface area (Å²) >= 11 is 2.98. The van der Waals surface area contributed by atoms with Crippen LogP contribution in [-0.4, -0.2) is 67.5 Å². The highest BCUT2D eigenvalue weighted by Crippen LogP contribution is 2.39. The molecule has 0 radical (unpaired) electrons. The van der Waals surface area contributed by atoms with E-state index >= 15 is 0 Å². The summed E-state index contributed by atoms with van der Waals surface area (Å²) in [5.74, 6) is 3.54. The molecule has 8 aromatic rings. The molecule has 0 aliphatic heterocycles. The molecule has 0 bridgehead atoms. The van der Waals surface area contributed by atoms with Crippen LogP contribution in [0.5, 0.6) is 23.0 Å². The first-order chi connectivity index (χ1) is 29.3. The van der Waals surface area contributed by atoms with Gasteiger partial charge in [0.15, 0.2) is 55.8 Å². The monoisotopic (exact) mass is 839 g/mol. The molecule has 4 N–H and O–H groups in total. The van der Waals surface area contributed by atoms with Crippen LogP contribution in [0.25, 0.3) is 22.3 Å². The molecule has 4 heterocycles. The highest BCUT2D eigenvalue weighted by molar-refractivity contribution is 7.99. The highest BCUT2D eigenvalue weighted by Gasteiger charge is 2.19. The fraction of sp³-hybridized carbons (Fsp3) is 0.186. The molecule has 17 heteroatoms. The maximum Gasteiger partial charge on any atom is 0.175 e. The maximum atomic E-state index is 8.96. The number of ether oxygens (including phenoxy) is 4. The Morgan fingerprint density at radius 1 is 0.600 bits per heavy atom. The zero-order valence-corrected chi connectivity index (χ0v) is 34.9. The van der Waals surface area contributed by atoms with Gasteiger partial charge in [0.05, 0.1) is 45.0 Å². The number of methoxy groups -OCH3 is 4. The molecule has 0 aliphatic carbocycles. The van der Waals surface area contributed by atoms with Gasteiger partial charge in [0.25, 0.3) is 0 Å². The van der Waals surface area contributed by atoms with Gasteiger partial charge in [-0.2, -0.15) is 5.26 Å². The molecule has 60 heavy (non-hydrogen) atoms. The molecule has 0 spiro atoms. The number of fused-ring (bicyclic) bond motifs is 2. The average molecular weight is 840 g/mol. The Morgan fingerprint density at radius 2 is 1.18 bits per heavy atom. The van der Waals surface area contributed by atoms with E-state index in [2.05, 4.69) is 47.7 Å². The number of benzene rings is 4. The first-order valence-corrected chi connectivity index (χ1v) is 20.2. The van der Waals surface area contributed by atoms with Gasteiger partial charge in [0, 0.05) is 18.0 Å². The first-order valence-electron chi connectivity index (χ1n) is 18.6. The van der Waals surface area contributed by atoms with E-state index in [4.69, 9.17) is 40.7 Å². The standard InChI is InChI=1S/C23H25N5O4S.C20H16N6S/c1-29-15-6-8-17(31-3)19(12-15)33-23-27-20-21(24)25-13-26-22(20)28(23)10-9-14-5-7-16(30-2)18(11-14)32-4;21-12-15-6-8-16(9-7-15)27-20-25-17-18(22)23-13-24-19(17)26(20)11-10-14-4-2-1-3-5-14/h5-8,11-13H,9-10H2,1-4H3,(H2,24,25,26);1-9,13H,10-11H2,(H2,22,23,24). The van der Waals surface area contributed by atoms with E-state index < -0.39 is 0 Å². The van der Waals surface area contributed by atoms with Gasteiger partial charge in [-0.25, -0.2) is 29.9 Å². The van der Waals surface area contributed by atoms with Crippen molar-refractivity contribution < 1.29 is 18.9 Å². The van der Waals surface area contributed by atoms with E-state index in [1.54, 1.807) is 40.6 Å². The van der Waals surface area contributed by atoms with Crippen LogP contribution in [0.2, 0.25) is 0 Å². The smallest absolute Gasteiger partial charge is 0.175 e. The predicted octanol–water partition coefficient (Wildman–Crippen LogP) is 7.51. The summed E-state index contributed by atoms with van der Waals surface area (Å²) in [5.41, 5.74) is 17.7. The number of rotatable bonds is 14. The van der Waals surface area contributed by atoms with Crippen LogP contribution in [0.4, 0.5) is 11.6 Å². The fourth-order valence-electron chi connectivity index (χ4n) is 6.25. The van der Waals surface area contributed by atoms with Crippen molar-refractivity contribution >= 4 is 57.5 Å². The molecule has 304 valence electrons. The van der Waals surface area contributed by atoms with Crippen LogP contribution in [0.15, 0.2) is 124 Å². The van der Waals surface area contributed by atoms with Gasteiger partial charge in [-0.1, -0.05) is 48.2 Å². The van der Waals surface area contributed by atoms with Crippen LogP contribution in [-0.2, 0) is 25.9 Å². The van der Waals surface area contributed by atoms with Crippen molar-refractivity contribution in [2.24, 2.45) is 0 Å². The summed E-state index contributed by atoms with van der Waals surface area (Å²) in [6.45, 7) is 1.35. The van der Waals surface area contributed by atoms with E-state index in [0.717, 1.165) is 62.2 Å². The van der Waals surface area contributed by atoms with E-state index in [1.807, 2.05) is 71.3 Å². The molecular weight excluding hydrogens is 799 g/mol. The number of imidazole rings is 2. The number of hydrogen-bond acceptors (Lipinski definition) is 15. The second-order valence-corrected chi connectivity index (χ2v) is 15.0. The number of nitriles is 1. The summed E-state index contributed by atoms with van der Waals surface area (Å²) in [4.78, 5) is 28.3. The number of nitrogens with zero attached hydrogens (tertiary/aromatic N) is 9. The molecule has 0 saturated carbocycles. The van der Waals surface area contributed by atoms with E-state index in [1.165, 1.54) is 41.7 Å². The summed E-state index contributed by atoms with van der Waals surface area (Å²) in [6.07, 6.45) is 4.50. The lowest BCUT2D eigenvalue weighted by atomic mass is 10.1. The number of nitrogen functional groups attached to an aromatic ring is 2. The van der Waals surface area contributed by atoms with Gasteiger partial charge in [-0.05, 0) is 90.3 Å². The molecule has 8 rings (SSSR count). The Bertz CT molecular complexity index is 2770. The van der Waals surface area contributed by atoms with Gasteiger partial charge in [0.1, 0.15) is 24.2 Å². The minimum Gasteiger partial charge on any atom is -0.497 e. The van der Waals surface area contributed by atoms with Gasteiger partial charge in [-0.15, -0.1) is 0 Å². The lowest BCUT2D eigenvalue weighted by molar-refractivity contribution is 0.354. The zero-order chi connectivity index (χ0) is 42.0. The molecular formula is C43H41N11O4S2. The van der Waals surface area contributed by atoms with Gasteiger partial charge < -0.3 is 39.5 Å². The molecule has 0 aliphatic rings. The van der Waals surface area contributed by atoms with Crippen LogP contribution >= 0.6 is 23.5 Å². The first kappa shape index (κ1) is 41.1. The Morgan fingerprint density at radius 3 is 1.77 bits per heavy atom. The molecule has 4 aromatic carbocycles. The van der Waals surface area contributed by atoms with Gasteiger partial charge in [0.2, 0.25) is 0 Å². The molecule has 0 fully saturated rings. The van der Waals surface area contributed by atoms with Crippen molar-refractivity contribution in [3.8, 4) is 29.1 Å². The van der Waals surface area contributed by atoms with Gasteiger partial charge >= 0.3 is 0 Å². The average Bonchev–Trinajstić information content (AvgIpc) is 3.83. The predicted molar refractivity (Wildman–Crippen MR) is 232 cm³/mol. The molecule has 4 aromatic heterocycles. The van der Waals surface area contributed by atoms with E-state index in [-0.39, 0.29) is 0 Å². The Balaban J connectivity index is 0.000000185. The van der Waals surface area contributed by atoms with Crippen molar-refractivity contribution in [2.45, 2.75) is 46.0 Å². The summed E-state index contributed by atoms with van der Waals surface area (Å²) < 4.78 is 25.8. The number of hydrogen-bond donors (Lipinski definition) is 2. The summed E-state index contributed by atoms with van der Waals surface area (Å²) in [6, 6.07) is 31.4. The Kier molecular flexibility index (Phi) is 13.1. The largest absolute Gasteiger partial charge is 0.497 e. The van der Waals surface area contributed by atoms with Crippen molar-refractivity contribution in [1.29, 1.82) is 5.26 Å². The second kappa shape index (κ2) is 19.1. The fourth-order valence-corrected chi connectivity index (χ4v) is 8.21. The van der Waals surface area contributed by atoms with Crippen LogP contribution < -0.4 is 30.4 Å².